The van der Waals surface area contributed by atoms with E-state index in [2.05, 4.69) is 22.6 Å². The molecule has 2 nitrogen and oxygen atoms in total. The maximum Gasteiger partial charge on any atom is 0.328 e. The van der Waals surface area contributed by atoms with E-state index in [0.29, 0.717) is 0 Å². The van der Waals surface area contributed by atoms with Gasteiger partial charge in [0.05, 0.1) is 0 Å². The van der Waals surface area contributed by atoms with Gasteiger partial charge in [-0.2, -0.15) is 0 Å². The van der Waals surface area contributed by atoms with Crippen molar-refractivity contribution in [3.05, 3.63) is 39.5 Å². The molecule has 1 aromatic carbocycles. The molecule has 0 spiro atoms. The second kappa shape index (κ2) is 4.25. The summed E-state index contributed by atoms with van der Waals surface area (Å²) in [6.07, 6.45) is 2.70. The van der Waals surface area contributed by atoms with Crippen molar-refractivity contribution in [3.8, 4) is 0 Å². The SMILES string of the molecule is O=C(O)/C=C/c1cccc(I)c1. The normalized spacial score (nSPS) is 10.4. The van der Waals surface area contributed by atoms with Gasteiger partial charge in [-0.15, -0.1) is 0 Å². The second-order valence-corrected chi connectivity index (χ2v) is 3.47. The highest BCUT2D eigenvalue weighted by Crippen LogP contribution is 2.08. The molecular weight excluding hydrogens is 267 g/mol. The summed E-state index contributed by atoms with van der Waals surface area (Å²) in [6, 6.07) is 7.63. The van der Waals surface area contributed by atoms with Gasteiger partial charge in [0.2, 0.25) is 0 Å². The molecule has 0 aliphatic rings. The summed E-state index contributed by atoms with van der Waals surface area (Å²) in [5, 5.41) is 8.36. The van der Waals surface area contributed by atoms with Crippen molar-refractivity contribution in [1.29, 1.82) is 0 Å². The number of aliphatic carboxylic acids is 1. The van der Waals surface area contributed by atoms with Crippen LogP contribution < -0.4 is 0 Å². The summed E-state index contributed by atoms with van der Waals surface area (Å²) in [4.78, 5) is 10.2. The van der Waals surface area contributed by atoms with E-state index < -0.39 is 5.97 Å². The van der Waals surface area contributed by atoms with E-state index in [1.807, 2.05) is 24.3 Å². The molecular formula is C9H7IO2. The van der Waals surface area contributed by atoms with E-state index in [0.717, 1.165) is 15.2 Å². The van der Waals surface area contributed by atoms with Crippen molar-refractivity contribution in [3.63, 3.8) is 0 Å². The molecule has 0 atom stereocenters. The lowest BCUT2D eigenvalue weighted by Crippen LogP contribution is -1.85. The molecule has 62 valence electrons. The molecule has 0 amide bonds. The van der Waals surface area contributed by atoms with Gasteiger partial charge in [0.1, 0.15) is 0 Å². The van der Waals surface area contributed by atoms with E-state index in [1.165, 1.54) is 0 Å². The van der Waals surface area contributed by atoms with Crippen LogP contribution in [0.2, 0.25) is 0 Å². The average Bonchev–Trinajstić information content (AvgIpc) is 2.01. The van der Waals surface area contributed by atoms with E-state index in [4.69, 9.17) is 5.11 Å². The van der Waals surface area contributed by atoms with Crippen molar-refractivity contribution in [2.24, 2.45) is 0 Å². The highest BCUT2D eigenvalue weighted by Gasteiger charge is 1.89. The Hall–Kier alpha value is -0.840. The molecule has 3 heteroatoms. The molecule has 0 aromatic heterocycles. The van der Waals surface area contributed by atoms with Gasteiger partial charge in [-0.05, 0) is 46.4 Å². The third-order valence-electron chi connectivity index (χ3n) is 1.27. The molecule has 0 radical (unpaired) electrons. The first-order chi connectivity index (χ1) is 5.68. The Balaban J connectivity index is 2.83. The lowest BCUT2D eigenvalue weighted by Gasteiger charge is -1.92. The Morgan fingerprint density at radius 3 is 2.83 bits per heavy atom. The topological polar surface area (TPSA) is 37.3 Å². The van der Waals surface area contributed by atoms with Gasteiger partial charge in [-0.1, -0.05) is 12.1 Å². The summed E-state index contributed by atoms with van der Waals surface area (Å²) in [7, 11) is 0. The maximum absolute atomic E-state index is 10.2. The lowest BCUT2D eigenvalue weighted by atomic mass is 10.2. The fourth-order valence-electron chi connectivity index (χ4n) is 0.778. The molecule has 0 aliphatic heterocycles. The number of hydrogen-bond donors (Lipinski definition) is 1. The van der Waals surface area contributed by atoms with Crippen LogP contribution in [0.3, 0.4) is 0 Å². The zero-order chi connectivity index (χ0) is 8.97. The van der Waals surface area contributed by atoms with Gasteiger partial charge in [0, 0.05) is 9.65 Å². The first kappa shape index (κ1) is 9.25. The first-order valence-corrected chi connectivity index (χ1v) is 4.43. The minimum absolute atomic E-state index is 0.907. The molecule has 1 rings (SSSR count). The third-order valence-corrected chi connectivity index (χ3v) is 1.94. The Labute approximate surface area is 84.1 Å². The standard InChI is InChI=1S/C9H7IO2/c10-8-3-1-2-7(6-8)4-5-9(11)12/h1-6H,(H,11,12)/b5-4+. The highest BCUT2D eigenvalue weighted by molar-refractivity contribution is 14.1. The van der Waals surface area contributed by atoms with E-state index in [1.54, 1.807) is 6.08 Å². The zero-order valence-corrected chi connectivity index (χ0v) is 8.36. The van der Waals surface area contributed by atoms with Gasteiger partial charge < -0.3 is 5.11 Å². The van der Waals surface area contributed by atoms with Crippen LogP contribution in [-0.2, 0) is 4.79 Å². The average molecular weight is 274 g/mol. The molecule has 0 fully saturated rings. The van der Waals surface area contributed by atoms with Gasteiger partial charge in [0.15, 0.2) is 0 Å². The molecule has 12 heavy (non-hydrogen) atoms. The molecule has 0 aliphatic carbocycles. The van der Waals surface area contributed by atoms with Crippen LogP contribution in [0.5, 0.6) is 0 Å². The monoisotopic (exact) mass is 274 g/mol. The number of halogens is 1. The Morgan fingerprint density at radius 2 is 2.25 bits per heavy atom. The van der Waals surface area contributed by atoms with Crippen LogP contribution in [0.25, 0.3) is 6.08 Å². The number of hydrogen-bond acceptors (Lipinski definition) is 1. The Kier molecular flexibility index (Phi) is 3.28. The van der Waals surface area contributed by atoms with Crippen molar-refractivity contribution >= 4 is 34.6 Å². The number of carboxylic acid groups (broad SMARTS) is 1. The van der Waals surface area contributed by atoms with Crippen molar-refractivity contribution in [2.45, 2.75) is 0 Å². The summed E-state index contributed by atoms with van der Waals surface area (Å²) in [5.41, 5.74) is 0.907. The Bertz CT molecular complexity index is 318. The van der Waals surface area contributed by atoms with Crippen molar-refractivity contribution < 1.29 is 9.90 Å². The smallest absolute Gasteiger partial charge is 0.328 e. The van der Waals surface area contributed by atoms with Crippen LogP contribution in [-0.4, -0.2) is 11.1 Å². The van der Waals surface area contributed by atoms with Crippen LogP contribution in [0.1, 0.15) is 5.56 Å². The minimum atomic E-state index is -0.922. The number of carbonyl (C=O) groups is 1. The Morgan fingerprint density at radius 1 is 1.50 bits per heavy atom. The van der Waals surface area contributed by atoms with Gasteiger partial charge >= 0.3 is 5.97 Å². The van der Waals surface area contributed by atoms with Gasteiger partial charge in [0.25, 0.3) is 0 Å². The first-order valence-electron chi connectivity index (χ1n) is 3.35. The summed E-state index contributed by atoms with van der Waals surface area (Å²) in [5.74, 6) is -0.922. The molecule has 0 unspecified atom stereocenters. The molecule has 0 saturated carbocycles. The fourth-order valence-corrected chi connectivity index (χ4v) is 1.34. The van der Waals surface area contributed by atoms with Crippen LogP contribution in [0, 0.1) is 3.57 Å². The van der Waals surface area contributed by atoms with Gasteiger partial charge in [-0.25, -0.2) is 4.79 Å². The summed E-state index contributed by atoms with van der Waals surface area (Å²) >= 11 is 2.18. The van der Waals surface area contributed by atoms with Gasteiger partial charge in [-0.3, -0.25) is 0 Å². The molecule has 0 saturated heterocycles. The van der Waals surface area contributed by atoms with Crippen LogP contribution in [0.15, 0.2) is 30.3 Å². The van der Waals surface area contributed by atoms with Crippen molar-refractivity contribution in [2.75, 3.05) is 0 Å². The highest BCUT2D eigenvalue weighted by atomic mass is 127. The maximum atomic E-state index is 10.2. The van der Waals surface area contributed by atoms with E-state index in [-0.39, 0.29) is 0 Å². The molecule has 0 bridgehead atoms. The van der Waals surface area contributed by atoms with E-state index in [9.17, 15) is 4.79 Å². The summed E-state index contributed by atoms with van der Waals surface area (Å²) < 4.78 is 1.10. The predicted molar refractivity (Wildman–Crippen MR) is 55.8 cm³/mol. The molecule has 1 N–H and O–H groups in total. The lowest BCUT2D eigenvalue weighted by molar-refractivity contribution is -0.131. The molecule has 1 aromatic rings. The third kappa shape index (κ3) is 3.04. The van der Waals surface area contributed by atoms with Crippen LogP contribution in [0.4, 0.5) is 0 Å². The number of rotatable bonds is 2. The minimum Gasteiger partial charge on any atom is -0.478 e. The number of benzene rings is 1. The second-order valence-electron chi connectivity index (χ2n) is 2.23. The zero-order valence-electron chi connectivity index (χ0n) is 6.20. The molecule has 0 heterocycles. The van der Waals surface area contributed by atoms with Crippen molar-refractivity contribution in [1.82, 2.24) is 0 Å². The quantitative estimate of drug-likeness (QED) is 0.664. The summed E-state index contributed by atoms with van der Waals surface area (Å²) in [6.45, 7) is 0. The number of carboxylic acids is 1. The van der Waals surface area contributed by atoms with Crippen LogP contribution >= 0.6 is 22.6 Å². The largest absolute Gasteiger partial charge is 0.478 e. The fraction of sp³-hybridized carbons (Fsp3) is 0. The van der Waals surface area contributed by atoms with E-state index >= 15 is 0 Å². The predicted octanol–water partition coefficient (Wildman–Crippen LogP) is 2.39.